The minimum absolute atomic E-state index is 0.164. The maximum atomic E-state index is 10.1. The van der Waals surface area contributed by atoms with Gasteiger partial charge in [-0.3, -0.25) is 0 Å². The first kappa shape index (κ1) is 12.6. The fourth-order valence-electron chi connectivity index (χ4n) is 2.78. The van der Waals surface area contributed by atoms with Crippen LogP contribution in [0.4, 0.5) is 0 Å². The Bertz CT molecular complexity index is 383. The zero-order valence-electron chi connectivity index (χ0n) is 10.8. The molecule has 2 aliphatic carbocycles. The number of nitrogens with zero attached hydrogens (tertiary/aromatic N) is 1. The quantitative estimate of drug-likeness (QED) is 0.832. The standard InChI is InChI=1S/C14H22N2OS/c17-13(10-3-1-2-4-10)9-15-7-12-8-16-14(18-12)11-5-6-11/h8,10-11,13,15,17H,1-7,9H2. The molecule has 2 N–H and O–H groups in total. The van der Waals surface area contributed by atoms with Crippen LogP contribution in [0, 0.1) is 5.92 Å². The van der Waals surface area contributed by atoms with Crippen molar-refractivity contribution in [3.8, 4) is 0 Å². The molecule has 18 heavy (non-hydrogen) atoms. The van der Waals surface area contributed by atoms with Gasteiger partial charge in [-0.15, -0.1) is 11.3 Å². The van der Waals surface area contributed by atoms with Crippen LogP contribution in [0.3, 0.4) is 0 Å². The first-order valence-corrected chi connectivity index (χ1v) is 7.98. The van der Waals surface area contributed by atoms with E-state index in [1.807, 2.05) is 17.5 Å². The largest absolute Gasteiger partial charge is 0.392 e. The summed E-state index contributed by atoms with van der Waals surface area (Å²) in [5.41, 5.74) is 0. The molecule has 1 heterocycles. The average Bonchev–Trinajstić information content (AvgIpc) is 2.92. The second-order valence-electron chi connectivity index (χ2n) is 5.68. The van der Waals surface area contributed by atoms with E-state index in [-0.39, 0.29) is 6.10 Å². The molecule has 0 aliphatic heterocycles. The number of aromatic nitrogens is 1. The number of hydrogen-bond donors (Lipinski definition) is 2. The number of hydrogen-bond acceptors (Lipinski definition) is 4. The molecule has 100 valence electrons. The second kappa shape index (κ2) is 5.68. The van der Waals surface area contributed by atoms with E-state index in [0.717, 1.165) is 19.0 Å². The predicted octanol–water partition coefficient (Wildman–Crippen LogP) is 2.66. The zero-order valence-corrected chi connectivity index (χ0v) is 11.6. The van der Waals surface area contributed by atoms with Crippen molar-refractivity contribution in [1.29, 1.82) is 0 Å². The molecule has 3 rings (SSSR count). The van der Waals surface area contributed by atoms with E-state index in [0.29, 0.717) is 5.92 Å². The molecule has 1 aromatic rings. The summed E-state index contributed by atoms with van der Waals surface area (Å²) >= 11 is 1.83. The van der Waals surface area contributed by atoms with Gasteiger partial charge in [0, 0.05) is 30.1 Å². The van der Waals surface area contributed by atoms with Crippen LogP contribution in [-0.4, -0.2) is 22.7 Å². The smallest absolute Gasteiger partial charge is 0.0959 e. The van der Waals surface area contributed by atoms with Crippen molar-refractivity contribution >= 4 is 11.3 Å². The molecule has 2 saturated carbocycles. The van der Waals surface area contributed by atoms with Gasteiger partial charge in [0.05, 0.1) is 11.1 Å². The molecule has 2 fully saturated rings. The van der Waals surface area contributed by atoms with Gasteiger partial charge >= 0.3 is 0 Å². The monoisotopic (exact) mass is 266 g/mol. The normalized spacial score (nSPS) is 22.5. The number of rotatable bonds is 6. The summed E-state index contributed by atoms with van der Waals surface area (Å²) in [5, 5.41) is 14.7. The molecule has 0 saturated heterocycles. The zero-order chi connectivity index (χ0) is 12.4. The summed E-state index contributed by atoms with van der Waals surface area (Å²) in [4.78, 5) is 5.77. The maximum Gasteiger partial charge on any atom is 0.0959 e. The lowest BCUT2D eigenvalue weighted by atomic mass is 10.0. The lowest BCUT2D eigenvalue weighted by Crippen LogP contribution is -2.31. The van der Waals surface area contributed by atoms with E-state index < -0.39 is 0 Å². The summed E-state index contributed by atoms with van der Waals surface area (Å²) in [6, 6.07) is 0. The Kier molecular flexibility index (Phi) is 3.97. The number of aliphatic hydroxyl groups excluding tert-OH is 1. The highest BCUT2D eigenvalue weighted by atomic mass is 32.1. The van der Waals surface area contributed by atoms with Crippen molar-refractivity contribution in [2.45, 2.75) is 57.1 Å². The molecule has 0 amide bonds. The lowest BCUT2D eigenvalue weighted by Gasteiger charge is -2.17. The topological polar surface area (TPSA) is 45.1 Å². The van der Waals surface area contributed by atoms with Crippen LogP contribution in [0.25, 0.3) is 0 Å². The summed E-state index contributed by atoms with van der Waals surface area (Å²) in [7, 11) is 0. The van der Waals surface area contributed by atoms with E-state index in [9.17, 15) is 5.11 Å². The molecule has 4 heteroatoms. The van der Waals surface area contributed by atoms with Crippen LogP contribution in [-0.2, 0) is 6.54 Å². The van der Waals surface area contributed by atoms with Crippen molar-refractivity contribution in [3.63, 3.8) is 0 Å². The van der Waals surface area contributed by atoms with E-state index in [1.165, 1.54) is 48.4 Å². The van der Waals surface area contributed by atoms with Gasteiger partial charge in [-0.05, 0) is 31.6 Å². The fraction of sp³-hybridized carbons (Fsp3) is 0.786. The van der Waals surface area contributed by atoms with Gasteiger partial charge < -0.3 is 10.4 Å². The van der Waals surface area contributed by atoms with Crippen molar-refractivity contribution < 1.29 is 5.11 Å². The Hall–Kier alpha value is -0.450. The first-order valence-electron chi connectivity index (χ1n) is 7.16. The van der Waals surface area contributed by atoms with Crippen LogP contribution >= 0.6 is 11.3 Å². The number of thiazole rings is 1. The molecule has 0 bridgehead atoms. The Morgan fingerprint density at radius 1 is 1.33 bits per heavy atom. The van der Waals surface area contributed by atoms with Crippen LogP contribution < -0.4 is 5.32 Å². The third-order valence-electron chi connectivity index (χ3n) is 4.09. The van der Waals surface area contributed by atoms with Gasteiger partial charge in [0.15, 0.2) is 0 Å². The minimum Gasteiger partial charge on any atom is -0.392 e. The summed E-state index contributed by atoms with van der Waals surface area (Å²) in [5.74, 6) is 1.29. The second-order valence-corrected chi connectivity index (χ2v) is 6.83. The van der Waals surface area contributed by atoms with Crippen LogP contribution in [0.15, 0.2) is 6.20 Å². The minimum atomic E-state index is -0.164. The lowest BCUT2D eigenvalue weighted by molar-refractivity contribution is 0.109. The predicted molar refractivity (Wildman–Crippen MR) is 73.8 cm³/mol. The number of nitrogens with one attached hydrogen (secondary N) is 1. The molecular formula is C14H22N2OS. The van der Waals surface area contributed by atoms with Crippen molar-refractivity contribution in [1.82, 2.24) is 10.3 Å². The third-order valence-corrected chi connectivity index (χ3v) is 5.25. The van der Waals surface area contributed by atoms with Gasteiger partial charge in [-0.25, -0.2) is 4.98 Å². The third kappa shape index (κ3) is 3.11. The van der Waals surface area contributed by atoms with Gasteiger partial charge in [-0.1, -0.05) is 12.8 Å². The molecule has 1 atom stereocenters. The van der Waals surface area contributed by atoms with E-state index in [2.05, 4.69) is 10.3 Å². The average molecular weight is 266 g/mol. The molecular weight excluding hydrogens is 244 g/mol. The van der Waals surface area contributed by atoms with Crippen LogP contribution in [0.1, 0.15) is 54.3 Å². The van der Waals surface area contributed by atoms with Gasteiger partial charge in [-0.2, -0.15) is 0 Å². The SMILES string of the molecule is OC(CNCc1cnc(C2CC2)s1)C1CCCC1. The summed E-state index contributed by atoms with van der Waals surface area (Å²) in [6.45, 7) is 1.58. The summed E-state index contributed by atoms with van der Waals surface area (Å²) < 4.78 is 0. The number of aliphatic hydroxyl groups is 1. The van der Waals surface area contributed by atoms with Crippen molar-refractivity contribution in [2.75, 3.05) is 6.54 Å². The Morgan fingerprint density at radius 2 is 2.11 bits per heavy atom. The van der Waals surface area contributed by atoms with E-state index >= 15 is 0 Å². The summed E-state index contributed by atoms with van der Waals surface area (Å²) in [6.07, 6.45) is 9.46. The van der Waals surface area contributed by atoms with E-state index in [1.54, 1.807) is 0 Å². The molecule has 2 aliphatic rings. The highest BCUT2D eigenvalue weighted by molar-refractivity contribution is 7.11. The van der Waals surface area contributed by atoms with Crippen molar-refractivity contribution in [2.24, 2.45) is 5.92 Å². The highest BCUT2D eigenvalue weighted by Crippen LogP contribution is 2.41. The molecule has 0 aromatic carbocycles. The molecule has 0 spiro atoms. The van der Waals surface area contributed by atoms with Gasteiger partial charge in [0.1, 0.15) is 0 Å². The first-order chi connectivity index (χ1) is 8.83. The Balaban J connectivity index is 1.40. The van der Waals surface area contributed by atoms with Gasteiger partial charge in [0.25, 0.3) is 0 Å². The fourth-order valence-corrected chi connectivity index (χ4v) is 3.83. The maximum absolute atomic E-state index is 10.1. The highest BCUT2D eigenvalue weighted by Gasteiger charge is 2.26. The van der Waals surface area contributed by atoms with Crippen molar-refractivity contribution in [3.05, 3.63) is 16.1 Å². The van der Waals surface area contributed by atoms with E-state index in [4.69, 9.17) is 0 Å². The molecule has 1 aromatic heterocycles. The Labute approximate surface area is 113 Å². The van der Waals surface area contributed by atoms with Gasteiger partial charge in [0.2, 0.25) is 0 Å². The molecule has 3 nitrogen and oxygen atoms in total. The molecule has 1 unspecified atom stereocenters. The Morgan fingerprint density at radius 3 is 2.83 bits per heavy atom. The van der Waals surface area contributed by atoms with Crippen LogP contribution in [0.2, 0.25) is 0 Å². The van der Waals surface area contributed by atoms with Crippen LogP contribution in [0.5, 0.6) is 0 Å². The molecule has 0 radical (unpaired) electrons.